The summed E-state index contributed by atoms with van der Waals surface area (Å²) in [6.07, 6.45) is 7.30. The van der Waals surface area contributed by atoms with Crippen molar-refractivity contribution in [1.82, 2.24) is 0 Å². The number of phenols is 2. The summed E-state index contributed by atoms with van der Waals surface area (Å²) in [5.41, 5.74) is 2.00. The summed E-state index contributed by atoms with van der Waals surface area (Å²) in [5.74, 6) is -6.56. The zero-order chi connectivity index (χ0) is 55.2. The van der Waals surface area contributed by atoms with Gasteiger partial charge >= 0.3 is 11.8 Å². The number of esters is 1. The molecule has 3 aromatic carbocycles. The molecule has 0 radical (unpaired) electrons. The number of carbonyl (C=O) groups excluding carboxylic acids is 3. The smallest absolute Gasteiger partial charge is 0.312 e. The van der Waals surface area contributed by atoms with Crippen LogP contribution in [-0.2, 0) is 36.8 Å². The van der Waals surface area contributed by atoms with E-state index in [2.05, 4.69) is 62.1 Å². The first-order valence-electron chi connectivity index (χ1n) is 26.9. The number of ether oxygens (including phenoxy) is 4. The molecule has 0 aromatic heterocycles. The van der Waals surface area contributed by atoms with Gasteiger partial charge in [0.05, 0.1) is 60.5 Å². The van der Waals surface area contributed by atoms with Gasteiger partial charge in [-0.2, -0.15) is 0 Å². The molecule has 15 nitrogen and oxygen atoms in total. The first-order valence-corrected chi connectivity index (χ1v) is 29.0. The highest BCUT2D eigenvalue weighted by Crippen LogP contribution is 2.50. The minimum absolute atomic E-state index is 0.0386. The summed E-state index contributed by atoms with van der Waals surface area (Å²) in [4.78, 5) is 52.6. The van der Waals surface area contributed by atoms with Gasteiger partial charge in [-0.15, -0.1) is 23.5 Å². The van der Waals surface area contributed by atoms with Crippen LogP contribution >= 0.6 is 23.5 Å². The fourth-order valence-electron chi connectivity index (χ4n) is 12.1. The van der Waals surface area contributed by atoms with Crippen LogP contribution in [0.2, 0.25) is 0 Å². The average Bonchev–Trinajstić information content (AvgIpc) is 4.18. The number of benzene rings is 3. The molecule has 5 aliphatic rings. The fourth-order valence-corrected chi connectivity index (χ4v) is 15.4. The Morgan fingerprint density at radius 2 is 1.58 bits per heavy atom. The molecule has 1 unspecified atom stereocenters. The normalized spacial score (nSPS) is 34.5. The van der Waals surface area contributed by atoms with Crippen LogP contribution in [0, 0.1) is 36.5 Å². The summed E-state index contributed by atoms with van der Waals surface area (Å²) >= 11 is 4.12. The summed E-state index contributed by atoms with van der Waals surface area (Å²) < 4.78 is 25.2. The number of aromatic hydroxyl groups is 2. The number of aryl methyl sites for hydroxylation is 1. The Kier molecular flexibility index (Phi) is 17.2. The second-order valence-corrected chi connectivity index (χ2v) is 25.8. The number of aliphatic hydroxyl groups is 2. The van der Waals surface area contributed by atoms with Crippen LogP contribution in [0.5, 0.6) is 17.2 Å². The van der Waals surface area contributed by atoms with Gasteiger partial charge in [0.1, 0.15) is 35.2 Å². The van der Waals surface area contributed by atoms with E-state index in [4.69, 9.17) is 28.9 Å². The van der Waals surface area contributed by atoms with E-state index in [1.165, 1.54) is 49.9 Å². The number of thioether (sulfide) groups is 2. The number of methoxy groups -OCH3 is 1. The van der Waals surface area contributed by atoms with Crippen LogP contribution in [0.15, 0.2) is 70.4 Å². The number of likely N-dealkylation sites (tertiary alicyclic amines) is 1. The van der Waals surface area contributed by atoms with Crippen molar-refractivity contribution in [2.24, 2.45) is 39.6 Å². The van der Waals surface area contributed by atoms with Gasteiger partial charge in [-0.3, -0.25) is 24.4 Å². The molecule has 1 spiro atoms. The Morgan fingerprint density at radius 3 is 2.21 bits per heavy atom. The number of piperidine rings is 1. The first kappa shape index (κ1) is 57.3. The van der Waals surface area contributed by atoms with Crippen molar-refractivity contribution in [2.45, 2.75) is 155 Å². The third kappa shape index (κ3) is 11.3. The van der Waals surface area contributed by atoms with E-state index < -0.39 is 82.9 Å². The van der Waals surface area contributed by atoms with Gasteiger partial charge < -0.3 is 49.2 Å². The maximum Gasteiger partial charge on any atom is 0.312 e. The van der Waals surface area contributed by atoms with E-state index >= 15 is 4.79 Å². The summed E-state index contributed by atoms with van der Waals surface area (Å²) in [6, 6.07) is 9.13. The first-order chi connectivity index (χ1) is 35.9. The number of nitrogens with one attached hydrogen (secondary N) is 1. The lowest BCUT2D eigenvalue weighted by atomic mass is 9.78. The van der Waals surface area contributed by atoms with Crippen molar-refractivity contribution >= 4 is 57.6 Å². The van der Waals surface area contributed by atoms with Crippen molar-refractivity contribution in [3.05, 3.63) is 93.4 Å². The van der Waals surface area contributed by atoms with Crippen LogP contribution in [0.3, 0.4) is 0 Å². The predicted molar refractivity (Wildman–Crippen MR) is 298 cm³/mol. The molecule has 0 aliphatic carbocycles. The summed E-state index contributed by atoms with van der Waals surface area (Å²) in [6.45, 7) is 23.1. The number of aliphatic hydroxyl groups excluding tert-OH is 2. The molecule has 5 heterocycles. The van der Waals surface area contributed by atoms with Crippen molar-refractivity contribution < 1.29 is 58.2 Å². The third-order valence-corrected chi connectivity index (χ3v) is 19.9. The molecular weight excluding hydrogens is 1000 g/mol. The van der Waals surface area contributed by atoms with Crippen LogP contribution in [-0.4, -0.2) is 121 Å². The number of hydrogen-bond acceptors (Lipinski definition) is 15. The monoisotopic (exact) mass is 1080 g/mol. The third-order valence-electron chi connectivity index (χ3n) is 16.7. The number of allylic oxidation sites excluding steroid dienone is 2. The van der Waals surface area contributed by atoms with Gasteiger partial charge in [0.2, 0.25) is 0 Å². The Hall–Kier alpha value is -4.91. The molecule has 11 atom stereocenters. The van der Waals surface area contributed by atoms with Crippen molar-refractivity contribution in [3.63, 3.8) is 0 Å². The summed E-state index contributed by atoms with van der Waals surface area (Å²) in [7, 11) is 1.48. The van der Waals surface area contributed by atoms with Crippen LogP contribution in [0.1, 0.15) is 116 Å². The number of hydrogen-bond donors (Lipinski definition) is 5. The number of phenolic OH excluding ortho intramolecular Hbond substituents is 2. The minimum atomic E-state index is -1.98. The van der Waals surface area contributed by atoms with E-state index in [9.17, 15) is 30.0 Å². The van der Waals surface area contributed by atoms with Crippen LogP contribution < -0.4 is 20.8 Å². The maximum absolute atomic E-state index is 15.1. The van der Waals surface area contributed by atoms with Crippen LogP contribution in [0.25, 0.3) is 10.8 Å². The van der Waals surface area contributed by atoms with Crippen molar-refractivity contribution in [2.75, 3.05) is 37.1 Å². The molecule has 2 saturated heterocycles. The van der Waals surface area contributed by atoms with Crippen LogP contribution in [0.4, 0.5) is 5.69 Å². The second kappa shape index (κ2) is 22.8. The maximum atomic E-state index is 15.1. The molecule has 5 N–H and O–H groups in total. The van der Waals surface area contributed by atoms with Gasteiger partial charge in [-0.05, 0) is 38.3 Å². The lowest BCUT2D eigenvalue weighted by Crippen LogP contribution is -2.57. The zero-order valence-electron chi connectivity index (χ0n) is 46.2. The molecule has 76 heavy (non-hydrogen) atoms. The van der Waals surface area contributed by atoms with E-state index in [-0.39, 0.29) is 55.4 Å². The number of fused-ring (bicyclic) bond motifs is 1. The fraction of sp³-hybridized carbons (Fsp3) is 0.576. The number of anilines is 1. The standard InChI is InChI=1S/C59H78N4O11S2/c1-31(2)28-63(29-41-18-16-40(17-19-41)20-21-43-38(9)75-30-76-43)25-23-59(24-26-63)61-47-44-45-52(67)37(8)55-46(44)56(69)58(11,74-55)72-27-22-42(71-12)34(5)54(73-39(10)64)36(7)51(66)35(6)50(65)32(3)14-13-15-33(4)57(70)60-49(53(45)68)48(47)62-59/h13-19,22,27,31-32,34-36,38,42-43,50-51,54,65-66H,20-21,23-26,28-30H2,1-12H3,(H2-,60,61,62,67,68,69,70)/p+1/b14-13+,27-22+,33-15-/t32-,34+,35+,36+,38?,42-,43-,50-,51+,54+,58-,59?,63?/m0/s1. The van der Waals surface area contributed by atoms with E-state index in [1.807, 2.05) is 11.8 Å². The molecule has 0 saturated carbocycles. The Labute approximate surface area is 455 Å². The van der Waals surface area contributed by atoms with Gasteiger partial charge in [0.25, 0.3) is 11.7 Å². The number of nitrogens with zero attached hydrogens (tertiary/aromatic N) is 3. The largest absolute Gasteiger partial charge is 0.507 e. The molecule has 8 rings (SSSR count). The number of carbonyl (C=O) groups is 3. The van der Waals surface area contributed by atoms with Gasteiger partial charge in [-0.25, -0.2) is 0 Å². The molecule has 1 amide bonds. The SMILES string of the molecule is CO[C@H]1/C=C/O[C@@]2(C)Oc3c(C)c(O)c4c(O)c(c5c(c4c3C2=O)=NC2(CC[N+](Cc3ccc(CC[C@@H]4SCSC4C)cc3)(CC(C)C)CC2)N=5)NC(=O)/C(C)=C\C=C\[C@H](C)[C@H](O)[C@@H](C)[C@@H](O)[C@@H](C)[C@H](OC(C)=O)[C@@H]1C. The van der Waals surface area contributed by atoms with Gasteiger partial charge in [0.15, 0.2) is 11.4 Å². The molecule has 5 aliphatic heterocycles. The number of ketones is 1. The van der Waals surface area contributed by atoms with E-state index in [1.54, 1.807) is 65.8 Å². The lowest BCUT2D eigenvalue weighted by molar-refractivity contribution is -0.948. The molecular formula is C59H79N4O11S2+. The van der Waals surface area contributed by atoms with Gasteiger partial charge in [0, 0.05) is 101 Å². The quantitative estimate of drug-likeness (QED) is 0.0775. The van der Waals surface area contributed by atoms with E-state index in [0.29, 0.717) is 29.3 Å². The molecule has 412 valence electrons. The number of amides is 1. The zero-order valence-corrected chi connectivity index (χ0v) is 47.8. The highest BCUT2D eigenvalue weighted by molar-refractivity contribution is 8.19. The number of Topliss-reactive ketones (excluding diaryl/α,β-unsaturated/α-hetero) is 1. The average molecular weight is 1080 g/mol. The topological polar surface area (TPSA) is 206 Å². The number of rotatable bonds is 9. The van der Waals surface area contributed by atoms with Crippen molar-refractivity contribution in [3.8, 4) is 17.2 Å². The Balaban J connectivity index is 1.20. The molecule has 2 fully saturated rings. The Bertz CT molecular complexity index is 2930. The molecule has 4 bridgehead atoms. The molecule has 3 aromatic rings. The molecule has 17 heteroatoms. The lowest BCUT2D eigenvalue weighted by Gasteiger charge is -2.46. The van der Waals surface area contributed by atoms with Gasteiger partial charge in [-0.1, -0.05) is 91.0 Å². The highest BCUT2D eigenvalue weighted by Gasteiger charge is 2.51. The second-order valence-electron chi connectivity index (χ2n) is 22.8. The highest BCUT2D eigenvalue weighted by atomic mass is 32.2. The van der Waals surface area contributed by atoms with Crippen molar-refractivity contribution in [1.29, 1.82) is 0 Å². The van der Waals surface area contributed by atoms with E-state index in [0.717, 1.165) is 37.1 Å². The number of quaternary nitrogens is 1. The Morgan fingerprint density at radius 1 is 0.908 bits per heavy atom. The minimum Gasteiger partial charge on any atom is -0.507 e. The summed E-state index contributed by atoms with van der Waals surface area (Å²) in [5, 5.41) is 53.7. The predicted octanol–water partition coefficient (Wildman–Crippen LogP) is 8.59.